The van der Waals surface area contributed by atoms with E-state index in [0.717, 1.165) is 55.7 Å². The molecule has 2 amide bonds. The number of nitrogens with two attached hydrogens (primary N) is 1. The van der Waals surface area contributed by atoms with Gasteiger partial charge in [0.25, 0.3) is 0 Å². The predicted octanol–water partition coefficient (Wildman–Crippen LogP) is 2.03. The minimum absolute atomic E-state index is 0.0120. The fourth-order valence-corrected chi connectivity index (χ4v) is 3.94. The summed E-state index contributed by atoms with van der Waals surface area (Å²) in [5, 5.41) is 15.2. The number of nitrogens with zero attached hydrogens (tertiary/aromatic N) is 5. The summed E-state index contributed by atoms with van der Waals surface area (Å²) in [6, 6.07) is 15.7. The second-order valence-electron chi connectivity index (χ2n) is 8.52. The molecule has 0 unspecified atom stereocenters. The van der Waals surface area contributed by atoms with Crippen molar-refractivity contribution < 1.29 is 9.59 Å². The lowest BCUT2D eigenvalue weighted by atomic mass is 9.96. The predicted molar refractivity (Wildman–Crippen MR) is 125 cm³/mol. The van der Waals surface area contributed by atoms with E-state index >= 15 is 0 Å². The molecule has 0 spiro atoms. The van der Waals surface area contributed by atoms with Crippen LogP contribution in [-0.4, -0.2) is 56.6 Å². The molecule has 9 nitrogen and oxygen atoms in total. The molecule has 1 fully saturated rings. The second kappa shape index (κ2) is 10.4. The zero-order valence-corrected chi connectivity index (χ0v) is 18.8. The Hall–Kier alpha value is -3.59. The summed E-state index contributed by atoms with van der Waals surface area (Å²) in [7, 11) is 0. The number of tetrazole rings is 1. The molecule has 3 N–H and O–H groups in total. The lowest BCUT2D eigenvalue weighted by Gasteiger charge is -2.30. The van der Waals surface area contributed by atoms with Gasteiger partial charge in [-0.05, 0) is 62.2 Å². The van der Waals surface area contributed by atoms with Crippen LogP contribution in [0.15, 0.2) is 48.5 Å². The van der Waals surface area contributed by atoms with Crippen molar-refractivity contribution in [3.05, 3.63) is 59.7 Å². The highest BCUT2D eigenvalue weighted by Crippen LogP contribution is 2.18. The number of piperidine rings is 1. The van der Waals surface area contributed by atoms with Crippen LogP contribution in [0.3, 0.4) is 0 Å². The smallest absolute Gasteiger partial charge is 0.248 e. The third-order valence-electron chi connectivity index (χ3n) is 5.99. The van der Waals surface area contributed by atoms with E-state index in [0.29, 0.717) is 5.82 Å². The monoisotopic (exact) mass is 447 g/mol. The number of likely N-dealkylation sites (tertiary alicyclic amines) is 1. The van der Waals surface area contributed by atoms with E-state index in [1.165, 1.54) is 10.4 Å². The highest BCUT2D eigenvalue weighted by atomic mass is 16.2. The Bertz CT molecular complexity index is 1080. The molecule has 9 heteroatoms. The van der Waals surface area contributed by atoms with Gasteiger partial charge in [0.05, 0.1) is 0 Å². The van der Waals surface area contributed by atoms with E-state index < -0.39 is 0 Å². The SMILES string of the molecule is Cc1ccc(-c2nnn(CC(=O)Nc3ccc(CCN4CCC(C(N)=O)CC4)cc3)n2)cc1. The van der Waals surface area contributed by atoms with Gasteiger partial charge in [0.2, 0.25) is 17.6 Å². The number of carbonyl (C=O) groups is 2. The van der Waals surface area contributed by atoms with Gasteiger partial charge >= 0.3 is 0 Å². The molecule has 172 valence electrons. The van der Waals surface area contributed by atoms with E-state index in [2.05, 4.69) is 25.6 Å². The van der Waals surface area contributed by atoms with Crippen LogP contribution in [0, 0.1) is 12.8 Å². The number of rotatable bonds is 8. The maximum atomic E-state index is 12.4. The molecule has 33 heavy (non-hydrogen) atoms. The van der Waals surface area contributed by atoms with E-state index in [4.69, 9.17) is 5.73 Å². The number of benzene rings is 2. The Labute approximate surface area is 193 Å². The zero-order chi connectivity index (χ0) is 23.2. The third kappa shape index (κ3) is 6.23. The minimum atomic E-state index is -0.215. The largest absolute Gasteiger partial charge is 0.369 e. The fourth-order valence-electron chi connectivity index (χ4n) is 3.94. The number of anilines is 1. The van der Waals surface area contributed by atoms with Crippen LogP contribution in [0.1, 0.15) is 24.0 Å². The number of hydrogen-bond acceptors (Lipinski definition) is 6. The second-order valence-corrected chi connectivity index (χ2v) is 8.52. The number of amides is 2. The Balaban J connectivity index is 1.23. The summed E-state index contributed by atoms with van der Waals surface area (Å²) < 4.78 is 0. The van der Waals surface area contributed by atoms with E-state index in [-0.39, 0.29) is 24.3 Å². The third-order valence-corrected chi connectivity index (χ3v) is 5.99. The van der Waals surface area contributed by atoms with E-state index in [1.54, 1.807) is 0 Å². The van der Waals surface area contributed by atoms with Gasteiger partial charge < -0.3 is 16.0 Å². The molecule has 4 rings (SSSR count). The Morgan fingerprint density at radius 1 is 1.06 bits per heavy atom. The Morgan fingerprint density at radius 3 is 2.42 bits per heavy atom. The number of primary amides is 1. The van der Waals surface area contributed by atoms with Gasteiger partial charge in [-0.25, -0.2) is 0 Å². The van der Waals surface area contributed by atoms with Crippen LogP contribution in [0.4, 0.5) is 5.69 Å². The molecule has 0 aliphatic carbocycles. The molecule has 1 aromatic heterocycles. The number of hydrogen-bond donors (Lipinski definition) is 2. The molecular weight excluding hydrogens is 418 g/mol. The van der Waals surface area contributed by atoms with Gasteiger partial charge in [-0.2, -0.15) is 4.80 Å². The van der Waals surface area contributed by atoms with Gasteiger partial charge in [-0.1, -0.05) is 42.0 Å². The van der Waals surface area contributed by atoms with Gasteiger partial charge in [-0.3, -0.25) is 9.59 Å². The Morgan fingerprint density at radius 2 is 1.76 bits per heavy atom. The van der Waals surface area contributed by atoms with Crippen LogP contribution >= 0.6 is 0 Å². The number of aryl methyl sites for hydroxylation is 1. The molecule has 0 bridgehead atoms. The van der Waals surface area contributed by atoms with Crippen molar-refractivity contribution in [2.45, 2.75) is 32.7 Å². The van der Waals surface area contributed by atoms with Crippen molar-refractivity contribution in [3.8, 4) is 11.4 Å². The normalized spacial score (nSPS) is 14.8. The summed E-state index contributed by atoms with van der Waals surface area (Å²) in [5.41, 5.74) is 9.34. The zero-order valence-electron chi connectivity index (χ0n) is 18.8. The van der Waals surface area contributed by atoms with Crippen molar-refractivity contribution in [2.24, 2.45) is 11.7 Å². The van der Waals surface area contributed by atoms with Crippen molar-refractivity contribution in [1.82, 2.24) is 25.1 Å². The maximum Gasteiger partial charge on any atom is 0.248 e. The van der Waals surface area contributed by atoms with Crippen LogP contribution in [0.2, 0.25) is 0 Å². The van der Waals surface area contributed by atoms with Crippen LogP contribution in [0.5, 0.6) is 0 Å². The lowest BCUT2D eigenvalue weighted by Crippen LogP contribution is -2.39. The van der Waals surface area contributed by atoms with Gasteiger partial charge in [0, 0.05) is 23.7 Å². The van der Waals surface area contributed by atoms with Gasteiger partial charge in [0.1, 0.15) is 6.54 Å². The highest BCUT2D eigenvalue weighted by molar-refractivity contribution is 5.90. The number of nitrogens with one attached hydrogen (secondary N) is 1. The standard InChI is InChI=1S/C24H29N7O2/c1-17-2-6-20(7-3-17)24-27-29-31(28-24)16-22(32)26-21-8-4-18(5-9-21)10-13-30-14-11-19(12-15-30)23(25)33/h2-9,19H,10-16H2,1H3,(H2,25,33)(H,26,32). The summed E-state index contributed by atoms with van der Waals surface area (Å²) in [6.07, 6.45) is 2.60. The minimum Gasteiger partial charge on any atom is -0.369 e. The maximum absolute atomic E-state index is 12.4. The average Bonchev–Trinajstić information content (AvgIpc) is 3.27. The molecule has 0 atom stereocenters. The molecule has 1 aliphatic rings. The first-order chi connectivity index (χ1) is 16.0. The molecule has 2 aromatic carbocycles. The van der Waals surface area contributed by atoms with Crippen molar-refractivity contribution in [1.29, 1.82) is 0 Å². The fraction of sp³-hybridized carbons (Fsp3) is 0.375. The molecule has 3 aromatic rings. The molecule has 0 radical (unpaired) electrons. The average molecular weight is 448 g/mol. The highest BCUT2D eigenvalue weighted by Gasteiger charge is 2.22. The summed E-state index contributed by atoms with van der Waals surface area (Å²) in [6.45, 7) is 4.76. The van der Waals surface area contributed by atoms with E-state index in [9.17, 15) is 9.59 Å². The quantitative estimate of drug-likeness (QED) is 0.545. The molecule has 2 heterocycles. The summed E-state index contributed by atoms with van der Waals surface area (Å²) in [5.74, 6) is 0.114. The van der Waals surface area contributed by atoms with Crippen molar-refractivity contribution >= 4 is 17.5 Å². The first-order valence-electron chi connectivity index (χ1n) is 11.2. The van der Waals surface area contributed by atoms with Gasteiger partial charge in [-0.15, -0.1) is 10.2 Å². The van der Waals surface area contributed by atoms with Crippen molar-refractivity contribution in [2.75, 3.05) is 25.0 Å². The summed E-state index contributed by atoms with van der Waals surface area (Å²) in [4.78, 5) is 27.3. The molecule has 1 saturated heterocycles. The topological polar surface area (TPSA) is 119 Å². The van der Waals surface area contributed by atoms with Gasteiger partial charge in [0.15, 0.2) is 0 Å². The van der Waals surface area contributed by atoms with Crippen LogP contribution in [-0.2, 0) is 22.6 Å². The van der Waals surface area contributed by atoms with E-state index in [1.807, 2.05) is 55.5 Å². The molecule has 0 saturated carbocycles. The first-order valence-corrected chi connectivity index (χ1v) is 11.2. The van der Waals surface area contributed by atoms with Crippen LogP contribution < -0.4 is 11.1 Å². The van der Waals surface area contributed by atoms with Crippen LogP contribution in [0.25, 0.3) is 11.4 Å². The summed E-state index contributed by atoms with van der Waals surface area (Å²) >= 11 is 0. The lowest BCUT2D eigenvalue weighted by molar-refractivity contribution is -0.123. The number of aromatic nitrogens is 4. The molecule has 1 aliphatic heterocycles. The Kier molecular flexibility index (Phi) is 7.09. The number of carbonyl (C=O) groups excluding carboxylic acids is 2. The molecular formula is C24H29N7O2. The van der Waals surface area contributed by atoms with Crippen molar-refractivity contribution in [3.63, 3.8) is 0 Å². The first kappa shape index (κ1) is 22.6.